The van der Waals surface area contributed by atoms with Gasteiger partial charge < -0.3 is 24.7 Å². The molecule has 1 amide bonds. The summed E-state index contributed by atoms with van der Waals surface area (Å²) in [6, 6.07) is 12.5. The summed E-state index contributed by atoms with van der Waals surface area (Å²) in [5, 5.41) is 21.2. The molecule has 182 valence electrons. The number of phenolic OH excluding ortho intramolecular Hbond substituents is 1. The maximum atomic E-state index is 13.1. The second-order valence-electron chi connectivity index (χ2n) is 8.84. The van der Waals surface area contributed by atoms with Gasteiger partial charge in [0.25, 0.3) is 11.7 Å². The fourth-order valence-corrected chi connectivity index (χ4v) is 4.07. The molecule has 0 spiro atoms. The summed E-state index contributed by atoms with van der Waals surface area (Å²) in [6.45, 7) is 11.3. The molecule has 1 aliphatic heterocycles. The molecule has 3 rings (SSSR count). The molecule has 7 heteroatoms. The van der Waals surface area contributed by atoms with Crippen molar-refractivity contribution in [2.75, 3.05) is 32.8 Å². The van der Waals surface area contributed by atoms with Gasteiger partial charge in [-0.15, -0.1) is 0 Å². The predicted molar refractivity (Wildman–Crippen MR) is 132 cm³/mol. The van der Waals surface area contributed by atoms with Crippen molar-refractivity contribution in [2.45, 2.75) is 33.7 Å². The lowest BCUT2D eigenvalue weighted by Gasteiger charge is -2.28. The first-order valence-electron chi connectivity index (χ1n) is 11.8. The summed E-state index contributed by atoms with van der Waals surface area (Å²) >= 11 is 0. The molecule has 0 aliphatic carbocycles. The largest absolute Gasteiger partial charge is 0.508 e. The topological polar surface area (TPSA) is 90.3 Å². The molecule has 34 heavy (non-hydrogen) atoms. The number of amides is 1. The number of aliphatic hydroxyl groups is 1. The quantitative estimate of drug-likeness (QED) is 0.310. The van der Waals surface area contributed by atoms with Crippen LogP contribution in [0.3, 0.4) is 0 Å². The maximum absolute atomic E-state index is 13.1. The van der Waals surface area contributed by atoms with Crippen molar-refractivity contribution in [1.82, 2.24) is 9.80 Å². The number of hydrogen-bond donors (Lipinski definition) is 2. The van der Waals surface area contributed by atoms with Gasteiger partial charge in [0.05, 0.1) is 18.2 Å². The van der Waals surface area contributed by atoms with Crippen LogP contribution in [0.25, 0.3) is 5.76 Å². The van der Waals surface area contributed by atoms with E-state index in [1.165, 1.54) is 17.0 Å². The highest BCUT2D eigenvalue weighted by molar-refractivity contribution is 6.46. The standard InChI is InChI=1S/C27H34N2O5/c1-5-28(6-2)14-15-29-24(20-8-7-9-21(30)16-20)23(26(32)27(29)33)25(31)19-10-12-22(13-11-19)34-17-18(3)4/h7-13,16,18,24,30-31H,5-6,14-15,17H2,1-4H3/b25-23-. The number of benzene rings is 2. The van der Waals surface area contributed by atoms with Crippen LogP contribution in [-0.4, -0.2) is 64.5 Å². The zero-order valence-electron chi connectivity index (χ0n) is 20.3. The molecular weight excluding hydrogens is 432 g/mol. The molecule has 1 heterocycles. The Balaban J connectivity index is 2.01. The van der Waals surface area contributed by atoms with E-state index in [1.807, 2.05) is 13.8 Å². The normalized spacial score (nSPS) is 17.7. The maximum Gasteiger partial charge on any atom is 0.295 e. The molecule has 1 unspecified atom stereocenters. The minimum absolute atomic E-state index is 0.0194. The van der Waals surface area contributed by atoms with Crippen LogP contribution >= 0.6 is 0 Å². The highest BCUT2D eigenvalue weighted by atomic mass is 16.5. The van der Waals surface area contributed by atoms with Gasteiger partial charge in [-0.05, 0) is 61.0 Å². The van der Waals surface area contributed by atoms with E-state index in [4.69, 9.17) is 4.74 Å². The fraction of sp³-hybridized carbons (Fsp3) is 0.407. The highest BCUT2D eigenvalue weighted by Crippen LogP contribution is 2.40. The van der Waals surface area contributed by atoms with Crippen LogP contribution in [-0.2, 0) is 9.59 Å². The lowest BCUT2D eigenvalue weighted by Crippen LogP contribution is -2.38. The average molecular weight is 467 g/mol. The van der Waals surface area contributed by atoms with Gasteiger partial charge >= 0.3 is 0 Å². The highest BCUT2D eigenvalue weighted by Gasteiger charge is 2.46. The second-order valence-corrected chi connectivity index (χ2v) is 8.84. The number of aromatic hydroxyl groups is 1. The summed E-state index contributed by atoms with van der Waals surface area (Å²) in [4.78, 5) is 29.8. The number of likely N-dealkylation sites (N-methyl/N-ethyl adjacent to an activating group) is 1. The number of rotatable bonds is 10. The van der Waals surface area contributed by atoms with Crippen LogP contribution in [0, 0.1) is 5.92 Å². The van der Waals surface area contributed by atoms with Crippen LogP contribution < -0.4 is 4.74 Å². The van der Waals surface area contributed by atoms with E-state index in [1.54, 1.807) is 36.4 Å². The number of ketones is 1. The summed E-state index contributed by atoms with van der Waals surface area (Å²) in [5.41, 5.74) is 1.01. The number of ether oxygens (including phenoxy) is 1. The molecule has 2 N–H and O–H groups in total. The molecule has 7 nitrogen and oxygen atoms in total. The Morgan fingerprint density at radius 2 is 1.76 bits per heavy atom. The van der Waals surface area contributed by atoms with E-state index in [-0.39, 0.29) is 17.1 Å². The number of likely N-dealkylation sites (tertiary alicyclic amines) is 1. The van der Waals surface area contributed by atoms with E-state index in [9.17, 15) is 19.8 Å². The molecule has 2 aromatic carbocycles. The summed E-state index contributed by atoms with van der Waals surface area (Å²) in [6.07, 6.45) is 0. The third-order valence-corrected chi connectivity index (χ3v) is 5.99. The zero-order valence-corrected chi connectivity index (χ0v) is 20.3. The third-order valence-electron chi connectivity index (χ3n) is 5.99. The molecule has 0 radical (unpaired) electrons. The number of aliphatic hydroxyl groups excluding tert-OH is 1. The van der Waals surface area contributed by atoms with Gasteiger partial charge in [-0.25, -0.2) is 0 Å². The van der Waals surface area contributed by atoms with Crippen LogP contribution in [0.5, 0.6) is 11.5 Å². The van der Waals surface area contributed by atoms with E-state index in [0.29, 0.717) is 42.5 Å². The van der Waals surface area contributed by atoms with E-state index in [2.05, 4.69) is 18.7 Å². The number of carbonyl (C=O) groups excluding carboxylic acids is 2. The third kappa shape index (κ3) is 5.59. The van der Waals surface area contributed by atoms with Crippen molar-refractivity contribution in [3.63, 3.8) is 0 Å². The minimum Gasteiger partial charge on any atom is -0.508 e. The van der Waals surface area contributed by atoms with Crippen LogP contribution in [0.2, 0.25) is 0 Å². The van der Waals surface area contributed by atoms with E-state index in [0.717, 1.165) is 13.1 Å². The number of Topliss-reactive ketones (excluding diaryl/α,β-unsaturated/α-hetero) is 1. The van der Waals surface area contributed by atoms with E-state index < -0.39 is 17.7 Å². The molecule has 1 fully saturated rings. The Morgan fingerprint density at radius 1 is 1.09 bits per heavy atom. The average Bonchev–Trinajstić information content (AvgIpc) is 3.08. The fourth-order valence-electron chi connectivity index (χ4n) is 4.07. The summed E-state index contributed by atoms with van der Waals surface area (Å²) in [5.74, 6) is -0.562. The minimum atomic E-state index is -0.792. The lowest BCUT2D eigenvalue weighted by atomic mass is 9.95. The molecule has 1 aliphatic rings. The van der Waals surface area contributed by atoms with Gasteiger partial charge in [0.15, 0.2) is 0 Å². The molecule has 2 aromatic rings. The Kier molecular flexibility index (Phi) is 8.34. The van der Waals surface area contributed by atoms with Gasteiger partial charge in [0, 0.05) is 18.7 Å². The molecule has 0 bridgehead atoms. The van der Waals surface area contributed by atoms with Crippen molar-refractivity contribution in [3.05, 3.63) is 65.2 Å². The Labute approximate surface area is 201 Å². The van der Waals surface area contributed by atoms with Gasteiger partial charge in [-0.1, -0.05) is 39.8 Å². The van der Waals surface area contributed by atoms with E-state index >= 15 is 0 Å². The smallest absolute Gasteiger partial charge is 0.295 e. The zero-order chi connectivity index (χ0) is 24.8. The number of phenols is 1. The predicted octanol–water partition coefficient (Wildman–Crippen LogP) is 4.19. The first-order chi connectivity index (χ1) is 16.3. The van der Waals surface area contributed by atoms with Crippen molar-refractivity contribution < 1.29 is 24.5 Å². The first kappa shape index (κ1) is 25.3. The summed E-state index contributed by atoms with van der Waals surface area (Å²) in [7, 11) is 0. The lowest BCUT2D eigenvalue weighted by molar-refractivity contribution is -0.140. The number of hydrogen-bond acceptors (Lipinski definition) is 6. The SMILES string of the molecule is CCN(CC)CCN1C(=O)C(=O)/C(=C(\O)c2ccc(OCC(C)C)cc2)C1c1cccc(O)c1. The van der Waals surface area contributed by atoms with Crippen LogP contribution in [0.1, 0.15) is 44.9 Å². The number of nitrogens with zero attached hydrogens (tertiary/aromatic N) is 2. The Morgan fingerprint density at radius 3 is 2.35 bits per heavy atom. The van der Waals surface area contributed by atoms with Crippen molar-refractivity contribution in [3.8, 4) is 11.5 Å². The van der Waals surface area contributed by atoms with Gasteiger partial charge in [0.2, 0.25) is 0 Å². The van der Waals surface area contributed by atoms with Crippen molar-refractivity contribution in [1.29, 1.82) is 0 Å². The van der Waals surface area contributed by atoms with Crippen molar-refractivity contribution in [2.24, 2.45) is 5.92 Å². The second kappa shape index (κ2) is 11.2. The molecular formula is C27H34N2O5. The monoisotopic (exact) mass is 466 g/mol. The molecule has 1 saturated heterocycles. The Bertz CT molecular complexity index is 1040. The Hall–Kier alpha value is -3.32. The molecule has 1 atom stereocenters. The van der Waals surface area contributed by atoms with Gasteiger partial charge in [-0.3, -0.25) is 9.59 Å². The van der Waals surface area contributed by atoms with Crippen LogP contribution in [0.15, 0.2) is 54.1 Å². The van der Waals surface area contributed by atoms with Gasteiger partial charge in [-0.2, -0.15) is 0 Å². The molecule has 0 aromatic heterocycles. The van der Waals surface area contributed by atoms with Gasteiger partial charge in [0.1, 0.15) is 17.3 Å². The number of carbonyl (C=O) groups is 2. The first-order valence-corrected chi connectivity index (χ1v) is 11.8. The van der Waals surface area contributed by atoms with Crippen LogP contribution in [0.4, 0.5) is 0 Å². The summed E-state index contributed by atoms with van der Waals surface area (Å²) < 4.78 is 5.70. The molecule has 0 saturated carbocycles. The van der Waals surface area contributed by atoms with Crippen molar-refractivity contribution >= 4 is 17.4 Å².